The number of amides is 2. The summed E-state index contributed by atoms with van der Waals surface area (Å²) in [5, 5.41) is 9.20. The van der Waals surface area contributed by atoms with E-state index >= 15 is 0 Å². The number of hydrogen-bond donors (Lipinski definition) is 1. The lowest BCUT2D eigenvalue weighted by Crippen LogP contribution is -2.51. The zero-order chi connectivity index (χ0) is 27.2. The molecule has 2 aromatic carbocycles. The molecular weight excluding hydrogens is 485 g/mol. The van der Waals surface area contributed by atoms with Crippen LogP contribution in [0, 0.1) is 11.3 Å². The number of rotatable bonds is 9. The monoisotopic (exact) mass is 514 g/mol. The average Bonchev–Trinajstić information content (AvgIpc) is 2.87. The van der Waals surface area contributed by atoms with E-state index in [-0.39, 0.29) is 30.1 Å². The maximum Gasteiger partial charge on any atom is 0.416 e. The summed E-state index contributed by atoms with van der Waals surface area (Å²) in [6.07, 6.45) is -2.58. The van der Waals surface area contributed by atoms with Crippen LogP contribution in [-0.2, 0) is 15.7 Å². The molecule has 0 radical (unpaired) electrons. The molecule has 37 heavy (non-hydrogen) atoms. The Kier molecular flexibility index (Phi) is 8.95. The number of hydrogen-bond acceptors (Lipinski definition) is 5. The number of esters is 1. The predicted octanol–water partition coefficient (Wildman–Crippen LogP) is 5.53. The van der Waals surface area contributed by atoms with Gasteiger partial charge < -0.3 is 15.4 Å². The van der Waals surface area contributed by atoms with Gasteiger partial charge in [-0.1, -0.05) is 24.6 Å². The second-order valence-electron chi connectivity index (χ2n) is 8.56. The van der Waals surface area contributed by atoms with E-state index in [9.17, 15) is 28.0 Å². The Bertz CT molecular complexity index is 1200. The molecule has 0 aromatic heterocycles. The molecule has 0 spiro atoms. The summed E-state index contributed by atoms with van der Waals surface area (Å²) < 4.78 is 45.7. The molecule has 0 fully saturated rings. The molecule has 196 valence electrons. The maximum atomic E-state index is 13.9. The minimum atomic E-state index is -4.61. The number of nitrogens with zero attached hydrogens (tertiary/aromatic N) is 3. The molecule has 1 aliphatic heterocycles. The quantitative estimate of drug-likeness (QED) is 0.351. The van der Waals surface area contributed by atoms with E-state index in [2.05, 4.69) is 0 Å². The fourth-order valence-corrected chi connectivity index (χ4v) is 4.36. The third kappa shape index (κ3) is 6.12. The molecule has 1 aliphatic rings. The highest BCUT2D eigenvalue weighted by molar-refractivity contribution is 6.03. The van der Waals surface area contributed by atoms with Crippen LogP contribution in [-0.4, -0.2) is 36.6 Å². The van der Waals surface area contributed by atoms with Crippen LogP contribution in [0.15, 0.2) is 59.8 Å². The van der Waals surface area contributed by atoms with Crippen molar-refractivity contribution in [2.45, 2.75) is 45.3 Å². The summed E-state index contributed by atoms with van der Waals surface area (Å²) in [6, 6.07) is 11.6. The molecule has 0 aliphatic carbocycles. The van der Waals surface area contributed by atoms with Crippen LogP contribution < -0.4 is 10.6 Å². The normalized spacial score (nSPS) is 16.1. The van der Waals surface area contributed by atoms with Gasteiger partial charge in [0, 0.05) is 12.2 Å². The second kappa shape index (κ2) is 11.9. The van der Waals surface area contributed by atoms with Crippen LogP contribution in [0.1, 0.15) is 55.8 Å². The van der Waals surface area contributed by atoms with Crippen molar-refractivity contribution in [1.29, 1.82) is 5.26 Å². The van der Waals surface area contributed by atoms with Gasteiger partial charge in [0.05, 0.1) is 41.1 Å². The Balaban J connectivity index is 2.21. The van der Waals surface area contributed by atoms with Gasteiger partial charge in [0.1, 0.15) is 0 Å². The molecule has 0 saturated carbocycles. The van der Waals surface area contributed by atoms with Gasteiger partial charge in [0.15, 0.2) is 0 Å². The van der Waals surface area contributed by atoms with Gasteiger partial charge in [-0.05, 0) is 69.1 Å². The van der Waals surface area contributed by atoms with E-state index in [0.717, 1.165) is 29.9 Å². The molecule has 1 heterocycles. The molecule has 2 N–H and O–H groups in total. The smallest absolute Gasteiger partial charge is 0.416 e. The van der Waals surface area contributed by atoms with Crippen LogP contribution in [0.4, 0.5) is 23.7 Å². The minimum absolute atomic E-state index is 0.00985. The zero-order valence-electron chi connectivity index (χ0n) is 20.7. The Morgan fingerprint density at radius 1 is 1.14 bits per heavy atom. The van der Waals surface area contributed by atoms with Crippen molar-refractivity contribution in [3.8, 4) is 6.07 Å². The highest BCUT2D eigenvalue weighted by atomic mass is 19.4. The number of allylic oxidation sites excluding steroid dienone is 1. The first kappa shape index (κ1) is 27.7. The highest BCUT2D eigenvalue weighted by Crippen LogP contribution is 2.41. The van der Waals surface area contributed by atoms with Crippen molar-refractivity contribution in [3.05, 3.63) is 76.5 Å². The zero-order valence-corrected chi connectivity index (χ0v) is 20.7. The average molecular weight is 515 g/mol. The first-order valence-corrected chi connectivity index (χ1v) is 12.0. The Morgan fingerprint density at radius 2 is 1.84 bits per heavy atom. The molecular formula is C27H29F3N4O3. The number of carbonyl (C=O) groups excluding carboxylic acids is 2. The number of halogens is 3. The summed E-state index contributed by atoms with van der Waals surface area (Å²) in [5.74, 6) is -0.675. The van der Waals surface area contributed by atoms with Crippen molar-refractivity contribution in [1.82, 2.24) is 4.90 Å². The molecule has 3 rings (SSSR count). The second-order valence-corrected chi connectivity index (χ2v) is 8.56. The van der Waals surface area contributed by atoms with Gasteiger partial charge in [0.2, 0.25) is 0 Å². The van der Waals surface area contributed by atoms with Gasteiger partial charge >= 0.3 is 18.2 Å². The fourth-order valence-electron chi connectivity index (χ4n) is 4.36. The first-order valence-electron chi connectivity index (χ1n) is 12.0. The SMILES string of the molecule is CCOC(=O)C1=C(C)N(c2cccc(C(F)(F)F)c2)C(=O)N(CCCCCN)[C@@H]1c1ccc(C#N)cc1. The van der Waals surface area contributed by atoms with E-state index in [0.29, 0.717) is 24.1 Å². The van der Waals surface area contributed by atoms with Crippen LogP contribution in [0.3, 0.4) is 0 Å². The molecule has 7 nitrogen and oxygen atoms in total. The van der Waals surface area contributed by atoms with Crippen molar-refractivity contribution in [3.63, 3.8) is 0 Å². The van der Waals surface area contributed by atoms with Gasteiger partial charge in [-0.15, -0.1) is 0 Å². The molecule has 2 amide bonds. The van der Waals surface area contributed by atoms with Gasteiger partial charge in [-0.2, -0.15) is 18.4 Å². The number of carbonyl (C=O) groups is 2. The maximum absolute atomic E-state index is 13.9. The lowest BCUT2D eigenvalue weighted by atomic mass is 9.92. The summed E-state index contributed by atoms with van der Waals surface area (Å²) in [7, 11) is 0. The largest absolute Gasteiger partial charge is 0.463 e. The fraction of sp³-hybridized carbons (Fsp3) is 0.370. The van der Waals surface area contributed by atoms with Crippen LogP contribution in [0.5, 0.6) is 0 Å². The predicted molar refractivity (Wildman–Crippen MR) is 132 cm³/mol. The summed E-state index contributed by atoms with van der Waals surface area (Å²) >= 11 is 0. The molecule has 1 atom stereocenters. The van der Waals surface area contributed by atoms with Crippen molar-refractivity contribution in [2.75, 3.05) is 24.6 Å². The molecule has 10 heteroatoms. The molecule has 0 saturated heterocycles. The van der Waals surface area contributed by atoms with Crippen molar-refractivity contribution in [2.24, 2.45) is 5.73 Å². The Morgan fingerprint density at radius 3 is 2.43 bits per heavy atom. The number of ether oxygens (including phenoxy) is 1. The lowest BCUT2D eigenvalue weighted by molar-refractivity contribution is -0.139. The van der Waals surface area contributed by atoms with Gasteiger partial charge in [-0.25, -0.2) is 9.59 Å². The first-order chi connectivity index (χ1) is 17.6. The van der Waals surface area contributed by atoms with Crippen molar-refractivity contribution < 1.29 is 27.5 Å². The van der Waals surface area contributed by atoms with E-state index in [1.807, 2.05) is 6.07 Å². The number of nitrogens with two attached hydrogens (primary N) is 1. The van der Waals surface area contributed by atoms with E-state index in [1.165, 1.54) is 24.0 Å². The summed E-state index contributed by atoms with van der Waals surface area (Å²) in [5.41, 5.74) is 5.99. The Labute approximate surface area is 213 Å². The third-order valence-corrected chi connectivity index (χ3v) is 6.13. The molecule has 0 bridgehead atoms. The number of anilines is 1. The topological polar surface area (TPSA) is 99.7 Å². The summed E-state index contributed by atoms with van der Waals surface area (Å²) in [6.45, 7) is 3.95. The number of alkyl halides is 3. The van der Waals surface area contributed by atoms with Crippen LogP contribution >= 0.6 is 0 Å². The van der Waals surface area contributed by atoms with Crippen LogP contribution in [0.2, 0.25) is 0 Å². The number of nitriles is 1. The van der Waals surface area contributed by atoms with E-state index in [1.54, 1.807) is 31.2 Å². The molecule has 0 unspecified atom stereocenters. The molecule has 2 aromatic rings. The third-order valence-electron chi connectivity index (χ3n) is 6.13. The lowest BCUT2D eigenvalue weighted by Gasteiger charge is -2.43. The minimum Gasteiger partial charge on any atom is -0.463 e. The van der Waals surface area contributed by atoms with E-state index in [4.69, 9.17) is 10.5 Å². The number of unbranched alkanes of at least 4 members (excludes halogenated alkanes) is 2. The van der Waals surface area contributed by atoms with Crippen molar-refractivity contribution >= 4 is 17.7 Å². The number of benzene rings is 2. The standard InChI is InChI=1S/C27H29F3N4O3/c1-3-37-25(35)23-18(2)34(22-9-7-8-21(16-22)27(28,29)30)26(36)33(15-6-4-5-14-31)24(23)20-12-10-19(17-32)11-13-20/h7-13,16,24H,3-6,14-15,31H2,1-2H3/t24-/m1/s1. The van der Waals surface area contributed by atoms with Gasteiger partial charge in [-0.3, -0.25) is 4.90 Å². The van der Waals surface area contributed by atoms with E-state index < -0.39 is 29.8 Å². The van der Waals surface area contributed by atoms with Gasteiger partial charge in [0.25, 0.3) is 0 Å². The summed E-state index contributed by atoms with van der Waals surface area (Å²) in [4.78, 5) is 29.8. The number of urea groups is 1. The highest BCUT2D eigenvalue weighted by Gasteiger charge is 2.43. The van der Waals surface area contributed by atoms with Crippen LogP contribution in [0.25, 0.3) is 0 Å². The Hall–Kier alpha value is -3.84.